The molecule has 2 bridgehead atoms. The zero-order chi connectivity index (χ0) is 8.55. The molecule has 0 aromatic rings. The highest BCUT2D eigenvalue weighted by Crippen LogP contribution is 2.33. The van der Waals surface area contributed by atoms with Crippen LogP contribution in [0.1, 0.15) is 19.3 Å². The fourth-order valence-electron chi connectivity index (χ4n) is 2.43. The average molecular weight is 169 g/mol. The lowest BCUT2D eigenvalue weighted by Crippen LogP contribution is -2.30. The summed E-state index contributed by atoms with van der Waals surface area (Å²) in [6.07, 6.45) is 3.46. The molecule has 0 aromatic carbocycles. The predicted octanol–water partition coefficient (Wildman–Crippen LogP) is 0.342. The molecule has 0 amide bonds. The van der Waals surface area contributed by atoms with Crippen LogP contribution in [0.15, 0.2) is 0 Å². The minimum absolute atomic E-state index is 0.240. The summed E-state index contributed by atoms with van der Waals surface area (Å²) >= 11 is 0. The zero-order valence-electron chi connectivity index (χ0n) is 7.38. The standard InChI is InChI=1S/C9H15NO2/c1-12-5-9(11)7-4-6-2-3-8(7)10-6/h6-8,10H,2-5H2,1H3. The Balaban J connectivity index is 1.93. The topological polar surface area (TPSA) is 38.3 Å². The highest BCUT2D eigenvalue weighted by atomic mass is 16.5. The van der Waals surface area contributed by atoms with E-state index in [1.807, 2.05) is 0 Å². The molecular weight excluding hydrogens is 154 g/mol. The maximum absolute atomic E-state index is 11.5. The second kappa shape index (κ2) is 3.15. The van der Waals surface area contributed by atoms with Gasteiger partial charge < -0.3 is 10.1 Å². The number of hydrogen-bond acceptors (Lipinski definition) is 3. The monoisotopic (exact) mass is 169 g/mol. The third kappa shape index (κ3) is 1.27. The molecule has 1 N–H and O–H groups in total. The molecule has 0 aromatic heterocycles. The Morgan fingerprint density at radius 3 is 2.92 bits per heavy atom. The third-order valence-corrected chi connectivity index (χ3v) is 3.00. The Morgan fingerprint density at radius 2 is 2.42 bits per heavy atom. The summed E-state index contributed by atoms with van der Waals surface area (Å²) in [6, 6.07) is 1.07. The van der Waals surface area contributed by atoms with Crippen LogP contribution in [0.2, 0.25) is 0 Å². The number of ether oxygens (including phenoxy) is 1. The summed E-state index contributed by atoms with van der Waals surface area (Å²) in [7, 11) is 1.58. The van der Waals surface area contributed by atoms with Crippen molar-refractivity contribution < 1.29 is 9.53 Å². The van der Waals surface area contributed by atoms with Gasteiger partial charge in [-0.1, -0.05) is 0 Å². The minimum atomic E-state index is 0.240. The molecule has 3 heteroatoms. The lowest BCUT2D eigenvalue weighted by atomic mass is 9.86. The number of ketones is 1. The first-order chi connectivity index (χ1) is 5.81. The molecule has 2 rings (SSSR count). The maximum atomic E-state index is 11.5. The number of methoxy groups -OCH3 is 1. The van der Waals surface area contributed by atoms with Crippen molar-refractivity contribution in [3.8, 4) is 0 Å². The Bertz CT molecular complexity index is 193. The zero-order valence-corrected chi connectivity index (χ0v) is 7.38. The van der Waals surface area contributed by atoms with Gasteiger partial charge in [0.05, 0.1) is 0 Å². The second-order valence-corrected chi connectivity index (χ2v) is 3.79. The molecule has 2 fully saturated rings. The molecule has 3 unspecified atom stereocenters. The summed E-state index contributed by atoms with van der Waals surface area (Å²) in [5.41, 5.74) is 0. The largest absolute Gasteiger partial charge is 0.377 e. The number of rotatable bonds is 3. The van der Waals surface area contributed by atoms with Crippen LogP contribution in [0.5, 0.6) is 0 Å². The number of fused-ring (bicyclic) bond motifs is 2. The first kappa shape index (κ1) is 8.20. The molecule has 2 heterocycles. The van der Waals surface area contributed by atoms with Crippen LogP contribution in [-0.4, -0.2) is 31.6 Å². The molecular formula is C9H15NO2. The van der Waals surface area contributed by atoms with Gasteiger partial charge in [-0.2, -0.15) is 0 Å². The van der Waals surface area contributed by atoms with E-state index in [9.17, 15) is 4.79 Å². The average Bonchev–Trinajstić information content (AvgIpc) is 2.64. The third-order valence-electron chi connectivity index (χ3n) is 3.00. The number of carbonyl (C=O) groups excluding carboxylic acids is 1. The SMILES string of the molecule is COCC(=O)C1CC2CCC1N2. The van der Waals surface area contributed by atoms with Crippen molar-refractivity contribution in [2.45, 2.75) is 31.3 Å². The summed E-state index contributed by atoms with van der Waals surface area (Å²) in [6.45, 7) is 0.287. The molecule has 0 saturated carbocycles. The molecule has 2 saturated heterocycles. The van der Waals surface area contributed by atoms with Crippen molar-refractivity contribution in [3.05, 3.63) is 0 Å². The molecule has 2 aliphatic heterocycles. The van der Waals surface area contributed by atoms with Crippen LogP contribution in [0.3, 0.4) is 0 Å². The van der Waals surface area contributed by atoms with Crippen molar-refractivity contribution >= 4 is 5.78 Å². The van der Waals surface area contributed by atoms with E-state index >= 15 is 0 Å². The van der Waals surface area contributed by atoms with Crippen LogP contribution in [-0.2, 0) is 9.53 Å². The van der Waals surface area contributed by atoms with Crippen LogP contribution in [0.25, 0.3) is 0 Å². The van der Waals surface area contributed by atoms with Gasteiger partial charge in [0.25, 0.3) is 0 Å². The Labute approximate surface area is 72.5 Å². The van der Waals surface area contributed by atoms with E-state index in [4.69, 9.17) is 4.74 Å². The van der Waals surface area contributed by atoms with Crippen LogP contribution >= 0.6 is 0 Å². The fourth-order valence-corrected chi connectivity index (χ4v) is 2.43. The van der Waals surface area contributed by atoms with E-state index in [1.54, 1.807) is 7.11 Å². The lowest BCUT2D eigenvalue weighted by Gasteiger charge is -2.17. The quantitative estimate of drug-likeness (QED) is 0.662. The van der Waals surface area contributed by atoms with Gasteiger partial charge in [0.1, 0.15) is 6.61 Å². The highest BCUT2D eigenvalue weighted by molar-refractivity contribution is 5.83. The molecule has 68 valence electrons. The van der Waals surface area contributed by atoms with E-state index in [0.717, 1.165) is 6.42 Å². The van der Waals surface area contributed by atoms with E-state index in [-0.39, 0.29) is 18.3 Å². The molecule has 2 aliphatic rings. The second-order valence-electron chi connectivity index (χ2n) is 3.79. The van der Waals surface area contributed by atoms with Crippen molar-refractivity contribution in [3.63, 3.8) is 0 Å². The van der Waals surface area contributed by atoms with Gasteiger partial charge >= 0.3 is 0 Å². The van der Waals surface area contributed by atoms with E-state index in [2.05, 4.69) is 5.32 Å². The van der Waals surface area contributed by atoms with Gasteiger partial charge in [0.15, 0.2) is 5.78 Å². The van der Waals surface area contributed by atoms with Crippen molar-refractivity contribution in [2.75, 3.05) is 13.7 Å². The summed E-state index contributed by atoms with van der Waals surface area (Å²) < 4.78 is 4.85. The van der Waals surface area contributed by atoms with Crippen LogP contribution in [0, 0.1) is 5.92 Å². The van der Waals surface area contributed by atoms with E-state index in [1.165, 1.54) is 12.8 Å². The molecule has 12 heavy (non-hydrogen) atoms. The molecule has 0 aliphatic carbocycles. The number of Topliss-reactive ketones (excluding diaryl/α,β-unsaturated/α-hetero) is 1. The highest BCUT2D eigenvalue weighted by Gasteiger charge is 2.42. The first-order valence-electron chi connectivity index (χ1n) is 4.59. The van der Waals surface area contributed by atoms with E-state index < -0.39 is 0 Å². The van der Waals surface area contributed by atoms with Crippen molar-refractivity contribution in [1.82, 2.24) is 5.32 Å². The molecule has 0 radical (unpaired) electrons. The first-order valence-corrected chi connectivity index (χ1v) is 4.59. The number of nitrogens with one attached hydrogen (secondary N) is 1. The van der Waals surface area contributed by atoms with Gasteiger partial charge in [0, 0.05) is 25.1 Å². The summed E-state index contributed by atoms with van der Waals surface area (Å²) in [5.74, 6) is 0.515. The molecule has 3 atom stereocenters. The Morgan fingerprint density at radius 1 is 1.58 bits per heavy atom. The summed E-state index contributed by atoms with van der Waals surface area (Å²) in [4.78, 5) is 11.5. The minimum Gasteiger partial charge on any atom is -0.377 e. The lowest BCUT2D eigenvalue weighted by molar-refractivity contribution is -0.127. The number of hydrogen-bond donors (Lipinski definition) is 1. The molecule has 0 spiro atoms. The van der Waals surface area contributed by atoms with Crippen molar-refractivity contribution in [1.29, 1.82) is 0 Å². The fraction of sp³-hybridized carbons (Fsp3) is 0.889. The van der Waals surface area contributed by atoms with Crippen LogP contribution < -0.4 is 5.32 Å². The van der Waals surface area contributed by atoms with Gasteiger partial charge in [-0.3, -0.25) is 4.79 Å². The Kier molecular flexibility index (Phi) is 2.15. The van der Waals surface area contributed by atoms with Gasteiger partial charge in [-0.05, 0) is 19.3 Å². The predicted molar refractivity (Wildman–Crippen MR) is 44.9 cm³/mol. The summed E-state index contributed by atoms with van der Waals surface area (Å²) in [5, 5.41) is 3.44. The molecule has 3 nitrogen and oxygen atoms in total. The van der Waals surface area contributed by atoms with Gasteiger partial charge in [-0.15, -0.1) is 0 Å². The van der Waals surface area contributed by atoms with E-state index in [0.29, 0.717) is 12.1 Å². The normalized spacial score (nSPS) is 38.9. The Hall–Kier alpha value is -0.410. The van der Waals surface area contributed by atoms with Crippen molar-refractivity contribution in [2.24, 2.45) is 5.92 Å². The van der Waals surface area contributed by atoms with Crippen LogP contribution in [0.4, 0.5) is 0 Å². The smallest absolute Gasteiger partial charge is 0.163 e. The van der Waals surface area contributed by atoms with Gasteiger partial charge in [-0.25, -0.2) is 0 Å². The maximum Gasteiger partial charge on any atom is 0.163 e. The number of carbonyl (C=O) groups is 1. The van der Waals surface area contributed by atoms with Gasteiger partial charge in [0.2, 0.25) is 0 Å².